The third kappa shape index (κ3) is 3.97. The van der Waals surface area contributed by atoms with Gasteiger partial charge in [-0.1, -0.05) is 6.92 Å². The molecule has 0 bridgehead atoms. The molecule has 0 saturated carbocycles. The van der Waals surface area contributed by atoms with Crippen molar-refractivity contribution in [3.63, 3.8) is 0 Å². The highest BCUT2D eigenvalue weighted by molar-refractivity contribution is 5.75. The van der Waals surface area contributed by atoms with Gasteiger partial charge in [0.15, 0.2) is 5.69 Å². The summed E-state index contributed by atoms with van der Waals surface area (Å²) in [4.78, 5) is 18.1. The second-order valence-corrected chi connectivity index (χ2v) is 3.74. The summed E-state index contributed by atoms with van der Waals surface area (Å²) in [6.07, 6.45) is -2.99. The molecule has 1 amide bonds. The van der Waals surface area contributed by atoms with Gasteiger partial charge >= 0.3 is 6.18 Å². The molecule has 18 heavy (non-hydrogen) atoms. The van der Waals surface area contributed by atoms with Gasteiger partial charge < -0.3 is 5.32 Å². The van der Waals surface area contributed by atoms with Gasteiger partial charge in [-0.05, 0) is 13.3 Å². The Morgan fingerprint density at radius 2 is 2.11 bits per heavy atom. The molecular formula is C11H14F3N3O. The van der Waals surface area contributed by atoms with Crippen LogP contribution in [0.15, 0.2) is 6.20 Å². The molecule has 4 nitrogen and oxygen atoms in total. The zero-order valence-electron chi connectivity index (χ0n) is 10.1. The van der Waals surface area contributed by atoms with Gasteiger partial charge in [-0.2, -0.15) is 13.2 Å². The largest absolute Gasteiger partial charge is 0.433 e. The number of hydrogen-bond acceptors (Lipinski definition) is 3. The predicted octanol–water partition coefficient (Wildman–Crippen LogP) is 1.87. The molecule has 0 fully saturated rings. The van der Waals surface area contributed by atoms with Gasteiger partial charge in [-0.25, -0.2) is 9.97 Å². The lowest BCUT2D eigenvalue weighted by molar-refractivity contribution is -0.142. The number of aryl methyl sites for hydroxylation is 1. The summed E-state index contributed by atoms with van der Waals surface area (Å²) in [5, 5.41) is 2.51. The molecule has 0 unspecified atom stereocenters. The van der Waals surface area contributed by atoms with Crippen LogP contribution in [0.2, 0.25) is 0 Å². The first-order valence-electron chi connectivity index (χ1n) is 5.51. The van der Waals surface area contributed by atoms with Crippen molar-refractivity contribution < 1.29 is 18.0 Å². The molecule has 0 aromatic carbocycles. The van der Waals surface area contributed by atoms with Crippen molar-refractivity contribution in [1.29, 1.82) is 0 Å². The van der Waals surface area contributed by atoms with E-state index in [-0.39, 0.29) is 30.3 Å². The maximum atomic E-state index is 12.7. The minimum Gasteiger partial charge on any atom is -0.356 e. The Balaban J connectivity index is 2.79. The van der Waals surface area contributed by atoms with Crippen molar-refractivity contribution in [2.45, 2.75) is 32.9 Å². The van der Waals surface area contributed by atoms with Crippen molar-refractivity contribution in [1.82, 2.24) is 15.3 Å². The van der Waals surface area contributed by atoms with Gasteiger partial charge in [-0.15, -0.1) is 0 Å². The van der Waals surface area contributed by atoms with Gasteiger partial charge in [0.25, 0.3) is 0 Å². The van der Waals surface area contributed by atoms with E-state index in [0.29, 0.717) is 6.42 Å². The summed E-state index contributed by atoms with van der Waals surface area (Å²) in [5.41, 5.74) is -0.940. The van der Waals surface area contributed by atoms with Crippen LogP contribution in [0.5, 0.6) is 0 Å². The normalized spacial score (nSPS) is 11.4. The average molecular weight is 261 g/mol. The highest BCUT2D eigenvalue weighted by Gasteiger charge is 2.35. The van der Waals surface area contributed by atoms with E-state index in [0.717, 1.165) is 6.20 Å². The van der Waals surface area contributed by atoms with E-state index in [9.17, 15) is 18.0 Å². The number of carbonyl (C=O) groups excluding carboxylic acids is 1. The van der Waals surface area contributed by atoms with Crippen LogP contribution in [-0.4, -0.2) is 22.4 Å². The van der Waals surface area contributed by atoms with E-state index in [2.05, 4.69) is 15.3 Å². The maximum Gasteiger partial charge on any atom is 0.433 e. The van der Waals surface area contributed by atoms with Crippen molar-refractivity contribution in [2.24, 2.45) is 0 Å². The van der Waals surface area contributed by atoms with E-state index in [4.69, 9.17) is 0 Å². The summed E-state index contributed by atoms with van der Waals surface area (Å²) in [7, 11) is 0. The number of rotatable bonds is 4. The van der Waals surface area contributed by atoms with Crippen LogP contribution in [0.3, 0.4) is 0 Å². The fraction of sp³-hybridized carbons (Fsp3) is 0.545. The van der Waals surface area contributed by atoms with E-state index < -0.39 is 11.9 Å². The molecule has 7 heteroatoms. The fourth-order valence-corrected chi connectivity index (χ4v) is 1.38. The van der Waals surface area contributed by atoms with E-state index >= 15 is 0 Å². The number of aromatic nitrogens is 2. The molecule has 1 aromatic rings. The Hall–Kier alpha value is -1.66. The zero-order chi connectivity index (χ0) is 13.8. The first-order valence-corrected chi connectivity index (χ1v) is 5.51. The number of hydrogen-bond donors (Lipinski definition) is 1. The summed E-state index contributed by atoms with van der Waals surface area (Å²) < 4.78 is 38.1. The van der Waals surface area contributed by atoms with Crippen LogP contribution < -0.4 is 5.32 Å². The van der Waals surface area contributed by atoms with Crippen LogP contribution in [0.1, 0.15) is 30.4 Å². The summed E-state index contributed by atoms with van der Waals surface area (Å²) in [6, 6.07) is 0. The molecule has 0 radical (unpaired) electrons. The standard InChI is InChI=1S/C11H14F3N3O/c1-3-9(18)15-5-4-8-6-16-7(2)17-10(8)11(12,13)14/h6H,3-5H2,1-2H3,(H,15,18). The number of nitrogens with one attached hydrogen (secondary N) is 1. The topological polar surface area (TPSA) is 54.9 Å². The van der Waals surface area contributed by atoms with Gasteiger partial charge in [0.2, 0.25) is 5.91 Å². The molecule has 0 aliphatic rings. The Labute approximate surface area is 103 Å². The van der Waals surface area contributed by atoms with Gasteiger partial charge in [-0.3, -0.25) is 4.79 Å². The molecular weight excluding hydrogens is 247 g/mol. The zero-order valence-corrected chi connectivity index (χ0v) is 10.1. The summed E-state index contributed by atoms with van der Waals surface area (Å²) >= 11 is 0. The number of carbonyl (C=O) groups is 1. The Bertz CT molecular complexity index is 432. The summed E-state index contributed by atoms with van der Waals surface area (Å²) in [6.45, 7) is 3.21. The molecule has 0 saturated heterocycles. The van der Waals surface area contributed by atoms with E-state index in [1.54, 1.807) is 6.92 Å². The lowest BCUT2D eigenvalue weighted by atomic mass is 10.1. The Morgan fingerprint density at radius 1 is 1.44 bits per heavy atom. The molecule has 1 heterocycles. The lowest BCUT2D eigenvalue weighted by Gasteiger charge is -2.12. The second-order valence-electron chi connectivity index (χ2n) is 3.74. The number of alkyl halides is 3. The quantitative estimate of drug-likeness (QED) is 0.900. The molecule has 1 aromatic heterocycles. The monoisotopic (exact) mass is 261 g/mol. The molecule has 0 aliphatic heterocycles. The molecule has 0 aliphatic carbocycles. The lowest BCUT2D eigenvalue weighted by Crippen LogP contribution is -2.25. The van der Waals surface area contributed by atoms with Crippen molar-refractivity contribution in [3.8, 4) is 0 Å². The molecule has 0 spiro atoms. The van der Waals surface area contributed by atoms with Crippen LogP contribution in [0.4, 0.5) is 13.2 Å². The smallest absolute Gasteiger partial charge is 0.356 e. The molecule has 1 rings (SSSR count). The van der Waals surface area contributed by atoms with Gasteiger partial charge in [0, 0.05) is 24.7 Å². The number of halogens is 3. The van der Waals surface area contributed by atoms with Crippen LogP contribution >= 0.6 is 0 Å². The Kier molecular flexibility index (Phi) is 4.63. The first kappa shape index (κ1) is 14.4. The number of amides is 1. The third-order valence-electron chi connectivity index (χ3n) is 2.29. The first-order chi connectivity index (χ1) is 8.34. The minimum atomic E-state index is -4.50. The minimum absolute atomic E-state index is 0.00972. The van der Waals surface area contributed by atoms with Crippen LogP contribution in [0.25, 0.3) is 0 Å². The van der Waals surface area contributed by atoms with Crippen LogP contribution in [-0.2, 0) is 17.4 Å². The van der Waals surface area contributed by atoms with Crippen molar-refractivity contribution in [2.75, 3.05) is 6.54 Å². The Morgan fingerprint density at radius 3 is 2.67 bits per heavy atom. The summed E-state index contributed by atoms with van der Waals surface area (Å²) in [5.74, 6) is -0.125. The van der Waals surface area contributed by atoms with E-state index in [1.807, 2.05) is 0 Å². The highest BCUT2D eigenvalue weighted by Crippen LogP contribution is 2.30. The van der Waals surface area contributed by atoms with E-state index in [1.165, 1.54) is 6.92 Å². The number of nitrogens with zero attached hydrogens (tertiary/aromatic N) is 2. The molecule has 1 N–H and O–H groups in total. The third-order valence-corrected chi connectivity index (χ3v) is 2.29. The molecule has 100 valence electrons. The fourth-order valence-electron chi connectivity index (χ4n) is 1.38. The van der Waals surface area contributed by atoms with Crippen molar-refractivity contribution in [3.05, 3.63) is 23.3 Å². The highest BCUT2D eigenvalue weighted by atomic mass is 19.4. The van der Waals surface area contributed by atoms with Crippen molar-refractivity contribution >= 4 is 5.91 Å². The second kappa shape index (κ2) is 5.79. The van der Waals surface area contributed by atoms with Crippen LogP contribution in [0, 0.1) is 6.92 Å². The SMILES string of the molecule is CCC(=O)NCCc1cnc(C)nc1C(F)(F)F. The van der Waals surface area contributed by atoms with Gasteiger partial charge in [0.1, 0.15) is 5.82 Å². The average Bonchev–Trinajstić information content (AvgIpc) is 2.29. The molecule has 0 atom stereocenters. The maximum absolute atomic E-state index is 12.7. The predicted molar refractivity (Wildman–Crippen MR) is 58.8 cm³/mol. The van der Waals surface area contributed by atoms with Gasteiger partial charge in [0.05, 0.1) is 0 Å².